The number of hydrogen-bond donors (Lipinski definition) is 1. The van der Waals surface area contributed by atoms with Gasteiger partial charge in [0.1, 0.15) is 5.75 Å². The molecule has 6 heteroatoms. The Morgan fingerprint density at radius 2 is 1.92 bits per heavy atom. The van der Waals surface area contributed by atoms with Crippen LogP contribution in [0.25, 0.3) is 0 Å². The van der Waals surface area contributed by atoms with Crippen molar-refractivity contribution in [3.05, 3.63) is 23.8 Å². The Hall–Kier alpha value is -1.11. The van der Waals surface area contributed by atoms with Gasteiger partial charge in [-0.15, -0.1) is 0 Å². The molecule has 1 heterocycles. The van der Waals surface area contributed by atoms with E-state index in [0.717, 1.165) is 25.1 Å². The summed E-state index contributed by atoms with van der Waals surface area (Å²) in [6, 6.07) is 5.23. The fourth-order valence-corrected chi connectivity index (χ4v) is 4.48. The fraction of sp³-hybridized carbons (Fsp3) is 0.667. The van der Waals surface area contributed by atoms with E-state index in [1.54, 1.807) is 25.3 Å². The Morgan fingerprint density at radius 3 is 2.46 bits per heavy atom. The van der Waals surface area contributed by atoms with Gasteiger partial charge in [-0.05, 0) is 69.0 Å². The fourth-order valence-electron chi connectivity index (χ4n) is 3.32. The third kappa shape index (κ3) is 4.94. The summed E-state index contributed by atoms with van der Waals surface area (Å²) in [5.41, 5.74) is 0.818. The van der Waals surface area contributed by atoms with Crippen molar-refractivity contribution in [2.45, 2.75) is 51.0 Å². The predicted molar refractivity (Wildman–Crippen MR) is 97.0 cm³/mol. The quantitative estimate of drug-likeness (QED) is 0.780. The van der Waals surface area contributed by atoms with E-state index in [2.05, 4.69) is 23.5 Å². The molecule has 136 valence electrons. The van der Waals surface area contributed by atoms with Crippen LogP contribution in [0.1, 0.15) is 38.7 Å². The average molecular weight is 355 g/mol. The van der Waals surface area contributed by atoms with E-state index in [0.29, 0.717) is 23.1 Å². The van der Waals surface area contributed by atoms with Crippen LogP contribution in [-0.2, 0) is 10.0 Å². The molecule has 0 amide bonds. The van der Waals surface area contributed by atoms with Gasteiger partial charge in [0.15, 0.2) is 0 Å². The Balaban J connectivity index is 2.07. The zero-order valence-corrected chi connectivity index (χ0v) is 16.0. The van der Waals surface area contributed by atoms with E-state index < -0.39 is 10.0 Å². The summed E-state index contributed by atoms with van der Waals surface area (Å²) in [7, 11) is -1.92. The summed E-state index contributed by atoms with van der Waals surface area (Å²) >= 11 is 0. The minimum Gasteiger partial charge on any atom is -0.496 e. The normalized spacial score (nSPS) is 17.4. The number of nitrogens with zero attached hydrogens (tertiary/aromatic N) is 1. The minimum absolute atomic E-state index is 0.265. The third-order valence-corrected chi connectivity index (χ3v) is 6.01. The Morgan fingerprint density at radius 1 is 1.25 bits per heavy atom. The van der Waals surface area contributed by atoms with E-state index >= 15 is 0 Å². The van der Waals surface area contributed by atoms with Crippen molar-refractivity contribution in [2.24, 2.45) is 5.92 Å². The molecule has 1 atom stereocenters. The van der Waals surface area contributed by atoms with Gasteiger partial charge in [-0.1, -0.05) is 13.8 Å². The second kappa shape index (κ2) is 8.32. The van der Waals surface area contributed by atoms with Crippen molar-refractivity contribution in [1.29, 1.82) is 0 Å². The van der Waals surface area contributed by atoms with Crippen LogP contribution < -0.4 is 9.46 Å². The minimum atomic E-state index is -3.50. The van der Waals surface area contributed by atoms with Crippen LogP contribution in [0, 0.1) is 12.8 Å². The number of rotatable bonds is 8. The molecule has 1 fully saturated rings. The summed E-state index contributed by atoms with van der Waals surface area (Å²) in [4.78, 5) is 2.72. The molecule has 1 aliphatic heterocycles. The van der Waals surface area contributed by atoms with E-state index in [1.165, 1.54) is 12.8 Å². The second-order valence-corrected chi connectivity index (χ2v) is 8.78. The van der Waals surface area contributed by atoms with Crippen LogP contribution in [-0.4, -0.2) is 46.1 Å². The lowest BCUT2D eigenvalue weighted by molar-refractivity contribution is 0.214. The van der Waals surface area contributed by atoms with Crippen LogP contribution >= 0.6 is 0 Å². The maximum atomic E-state index is 12.6. The topological polar surface area (TPSA) is 58.6 Å². The molecule has 0 saturated carbocycles. The molecule has 1 saturated heterocycles. The van der Waals surface area contributed by atoms with Gasteiger partial charge in [-0.3, -0.25) is 4.90 Å². The van der Waals surface area contributed by atoms with Gasteiger partial charge < -0.3 is 4.74 Å². The molecule has 0 radical (unpaired) electrons. The van der Waals surface area contributed by atoms with Crippen molar-refractivity contribution in [3.63, 3.8) is 0 Å². The first-order chi connectivity index (χ1) is 11.3. The number of benzene rings is 1. The zero-order valence-electron chi connectivity index (χ0n) is 15.2. The first-order valence-electron chi connectivity index (χ1n) is 8.72. The number of ether oxygens (including phenoxy) is 1. The van der Waals surface area contributed by atoms with Crippen LogP contribution in [0.3, 0.4) is 0 Å². The Kier molecular flexibility index (Phi) is 6.66. The molecule has 0 aromatic heterocycles. The highest BCUT2D eigenvalue weighted by atomic mass is 32.2. The largest absolute Gasteiger partial charge is 0.496 e. The lowest BCUT2D eigenvalue weighted by Crippen LogP contribution is -2.43. The molecule has 1 aliphatic rings. The summed E-state index contributed by atoms with van der Waals surface area (Å²) in [6.07, 6.45) is 3.42. The van der Waals surface area contributed by atoms with Gasteiger partial charge >= 0.3 is 0 Å². The standard InChI is InChI=1S/C18H30N2O3S/c1-14(2)11-16(20-9-5-6-10-20)13-19-24(21,22)17-7-8-18(23-4)15(3)12-17/h7-8,12,14,16,19H,5-6,9-11,13H2,1-4H3. The first-order valence-corrected chi connectivity index (χ1v) is 10.2. The second-order valence-electron chi connectivity index (χ2n) is 7.01. The average Bonchev–Trinajstić information content (AvgIpc) is 3.05. The van der Waals surface area contributed by atoms with Crippen LogP contribution in [0.4, 0.5) is 0 Å². The number of hydrogen-bond acceptors (Lipinski definition) is 4. The van der Waals surface area contributed by atoms with Gasteiger partial charge in [0.2, 0.25) is 10.0 Å². The number of aryl methyl sites for hydroxylation is 1. The Bertz CT molecular complexity index is 638. The molecular formula is C18H30N2O3S. The number of likely N-dealkylation sites (tertiary alicyclic amines) is 1. The SMILES string of the molecule is COc1ccc(S(=O)(=O)NCC(CC(C)C)N2CCCC2)cc1C. The lowest BCUT2D eigenvalue weighted by Gasteiger charge is -2.29. The summed E-state index contributed by atoms with van der Waals surface area (Å²) in [6.45, 7) is 8.82. The van der Waals surface area contributed by atoms with E-state index in [9.17, 15) is 8.42 Å². The van der Waals surface area contributed by atoms with E-state index in [4.69, 9.17) is 4.74 Å². The molecule has 1 N–H and O–H groups in total. The van der Waals surface area contributed by atoms with Gasteiger partial charge in [0.05, 0.1) is 12.0 Å². The maximum absolute atomic E-state index is 12.6. The van der Waals surface area contributed by atoms with Gasteiger partial charge in [0, 0.05) is 12.6 Å². The van der Waals surface area contributed by atoms with Crippen LogP contribution in [0.5, 0.6) is 5.75 Å². The molecular weight excluding hydrogens is 324 g/mol. The number of sulfonamides is 1. The van der Waals surface area contributed by atoms with Crippen molar-refractivity contribution in [1.82, 2.24) is 9.62 Å². The molecule has 0 aliphatic carbocycles. The third-order valence-electron chi connectivity index (χ3n) is 4.59. The molecule has 1 aromatic rings. The van der Waals surface area contributed by atoms with E-state index in [-0.39, 0.29) is 6.04 Å². The van der Waals surface area contributed by atoms with Crippen molar-refractivity contribution < 1.29 is 13.2 Å². The molecule has 1 unspecified atom stereocenters. The molecule has 0 spiro atoms. The molecule has 1 aromatic carbocycles. The maximum Gasteiger partial charge on any atom is 0.240 e. The van der Waals surface area contributed by atoms with Crippen LogP contribution in [0.2, 0.25) is 0 Å². The summed E-state index contributed by atoms with van der Waals surface area (Å²) in [5, 5.41) is 0. The van der Waals surface area contributed by atoms with Gasteiger partial charge in [0.25, 0.3) is 0 Å². The highest BCUT2D eigenvalue weighted by Gasteiger charge is 2.25. The van der Waals surface area contributed by atoms with E-state index in [1.807, 2.05) is 6.92 Å². The molecule has 0 bridgehead atoms. The van der Waals surface area contributed by atoms with Gasteiger partial charge in [-0.2, -0.15) is 0 Å². The summed E-state index contributed by atoms with van der Waals surface area (Å²) in [5.74, 6) is 1.24. The first kappa shape index (κ1) is 19.2. The Labute approximate surface area is 146 Å². The highest BCUT2D eigenvalue weighted by molar-refractivity contribution is 7.89. The van der Waals surface area contributed by atoms with Crippen molar-refractivity contribution in [3.8, 4) is 5.75 Å². The molecule has 24 heavy (non-hydrogen) atoms. The summed E-state index contributed by atoms with van der Waals surface area (Å²) < 4.78 is 33.2. The monoisotopic (exact) mass is 354 g/mol. The lowest BCUT2D eigenvalue weighted by atomic mass is 10.0. The molecule has 2 rings (SSSR count). The van der Waals surface area contributed by atoms with Gasteiger partial charge in [-0.25, -0.2) is 13.1 Å². The zero-order chi connectivity index (χ0) is 17.7. The smallest absolute Gasteiger partial charge is 0.240 e. The predicted octanol–water partition coefficient (Wildman–Crippen LogP) is 2.79. The number of nitrogens with one attached hydrogen (secondary N) is 1. The van der Waals surface area contributed by atoms with Crippen molar-refractivity contribution in [2.75, 3.05) is 26.7 Å². The van der Waals surface area contributed by atoms with Crippen molar-refractivity contribution >= 4 is 10.0 Å². The highest BCUT2D eigenvalue weighted by Crippen LogP contribution is 2.22. The number of methoxy groups -OCH3 is 1. The van der Waals surface area contributed by atoms with Crippen LogP contribution in [0.15, 0.2) is 23.1 Å². The molecule has 5 nitrogen and oxygen atoms in total.